The quantitative estimate of drug-likeness (QED) is 0.559. The van der Waals surface area contributed by atoms with Gasteiger partial charge in [0.05, 0.1) is 11.9 Å². The Hall–Kier alpha value is -2.63. The SMILES string of the molecule is O=C(Nc1ccc(F)nc1)c1ccc(O)c(O)c1. The molecule has 0 saturated heterocycles. The summed E-state index contributed by atoms with van der Waals surface area (Å²) in [5.74, 6) is -1.84. The first-order valence-electron chi connectivity index (χ1n) is 5.01. The van der Waals surface area contributed by atoms with Gasteiger partial charge in [0.25, 0.3) is 5.91 Å². The minimum atomic E-state index is -0.643. The van der Waals surface area contributed by atoms with Gasteiger partial charge in [-0.25, -0.2) is 4.98 Å². The molecule has 18 heavy (non-hydrogen) atoms. The maximum atomic E-state index is 12.6. The molecular formula is C12H9FN2O3. The third-order valence-electron chi connectivity index (χ3n) is 2.22. The maximum Gasteiger partial charge on any atom is 0.255 e. The molecule has 1 aromatic heterocycles. The fourth-order valence-corrected chi connectivity index (χ4v) is 1.32. The lowest BCUT2D eigenvalue weighted by Crippen LogP contribution is -2.11. The number of phenolic OH excluding ortho intramolecular Hbond substituents is 2. The number of rotatable bonds is 2. The number of nitrogens with zero attached hydrogens (tertiary/aromatic N) is 1. The van der Waals surface area contributed by atoms with Crippen molar-refractivity contribution in [3.63, 3.8) is 0 Å². The molecule has 0 unspecified atom stereocenters. The van der Waals surface area contributed by atoms with Gasteiger partial charge < -0.3 is 15.5 Å². The fourth-order valence-electron chi connectivity index (χ4n) is 1.32. The number of halogens is 1. The van der Waals surface area contributed by atoms with Crippen molar-refractivity contribution in [3.05, 3.63) is 48.0 Å². The Labute approximate surface area is 102 Å². The van der Waals surface area contributed by atoms with E-state index in [4.69, 9.17) is 5.11 Å². The van der Waals surface area contributed by atoms with Crippen LogP contribution in [0.2, 0.25) is 0 Å². The molecule has 0 spiro atoms. The lowest BCUT2D eigenvalue weighted by molar-refractivity contribution is 0.102. The Kier molecular flexibility index (Phi) is 3.09. The predicted octanol–water partition coefficient (Wildman–Crippen LogP) is 1.88. The summed E-state index contributed by atoms with van der Waals surface area (Å²) in [5.41, 5.74) is 0.489. The van der Waals surface area contributed by atoms with E-state index < -0.39 is 11.9 Å². The number of hydrogen-bond donors (Lipinski definition) is 3. The van der Waals surface area contributed by atoms with Gasteiger partial charge in [-0.3, -0.25) is 4.79 Å². The highest BCUT2D eigenvalue weighted by molar-refractivity contribution is 6.04. The van der Waals surface area contributed by atoms with Crippen LogP contribution in [0, 0.1) is 5.95 Å². The Balaban J connectivity index is 2.16. The normalized spacial score (nSPS) is 10.1. The third kappa shape index (κ3) is 2.54. The van der Waals surface area contributed by atoms with E-state index in [2.05, 4.69) is 10.3 Å². The maximum absolute atomic E-state index is 12.6. The summed E-state index contributed by atoms with van der Waals surface area (Å²) in [6.07, 6.45) is 1.17. The van der Waals surface area contributed by atoms with Crippen molar-refractivity contribution in [1.29, 1.82) is 0 Å². The van der Waals surface area contributed by atoms with Gasteiger partial charge in [0.2, 0.25) is 5.95 Å². The zero-order chi connectivity index (χ0) is 13.1. The molecule has 0 aliphatic carbocycles. The van der Waals surface area contributed by atoms with Crippen LogP contribution in [0.1, 0.15) is 10.4 Å². The summed E-state index contributed by atoms with van der Waals surface area (Å²) < 4.78 is 12.6. The molecule has 1 amide bonds. The Morgan fingerprint density at radius 3 is 2.56 bits per heavy atom. The Morgan fingerprint density at radius 2 is 1.94 bits per heavy atom. The van der Waals surface area contributed by atoms with E-state index in [0.29, 0.717) is 5.69 Å². The number of nitrogens with one attached hydrogen (secondary N) is 1. The first kappa shape index (κ1) is 11.8. The van der Waals surface area contributed by atoms with Gasteiger partial charge in [0.15, 0.2) is 11.5 Å². The highest BCUT2D eigenvalue weighted by Gasteiger charge is 2.09. The number of carbonyl (C=O) groups is 1. The zero-order valence-electron chi connectivity index (χ0n) is 9.09. The zero-order valence-corrected chi connectivity index (χ0v) is 9.09. The standard InChI is InChI=1S/C12H9FN2O3/c13-11-4-2-8(6-14-11)15-12(18)7-1-3-9(16)10(17)5-7/h1-6,16-17H,(H,15,18). The summed E-state index contributed by atoms with van der Waals surface area (Å²) in [6.45, 7) is 0. The van der Waals surface area contributed by atoms with Gasteiger partial charge in [0.1, 0.15) is 0 Å². The molecule has 0 radical (unpaired) electrons. The minimum Gasteiger partial charge on any atom is -0.504 e. The van der Waals surface area contributed by atoms with Crippen LogP contribution < -0.4 is 5.32 Å². The van der Waals surface area contributed by atoms with Crippen LogP contribution in [0.3, 0.4) is 0 Å². The van der Waals surface area contributed by atoms with Crippen molar-refractivity contribution >= 4 is 11.6 Å². The largest absolute Gasteiger partial charge is 0.504 e. The third-order valence-corrected chi connectivity index (χ3v) is 2.22. The number of phenols is 2. The number of carbonyl (C=O) groups excluding carboxylic acids is 1. The van der Waals surface area contributed by atoms with Crippen molar-refractivity contribution in [1.82, 2.24) is 4.98 Å². The van der Waals surface area contributed by atoms with Gasteiger partial charge in [-0.05, 0) is 30.3 Å². The average Bonchev–Trinajstić information content (AvgIpc) is 2.35. The first-order valence-corrected chi connectivity index (χ1v) is 5.01. The van der Waals surface area contributed by atoms with E-state index >= 15 is 0 Å². The molecule has 1 aromatic carbocycles. The second-order valence-electron chi connectivity index (χ2n) is 3.53. The minimum absolute atomic E-state index is 0.162. The first-order chi connectivity index (χ1) is 8.56. The Bertz CT molecular complexity index is 584. The molecule has 2 aromatic rings. The highest BCUT2D eigenvalue weighted by atomic mass is 19.1. The number of hydrogen-bond acceptors (Lipinski definition) is 4. The molecule has 0 fully saturated rings. The molecular weight excluding hydrogens is 239 g/mol. The van der Waals surface area contributed by atoms with Crippen LogP contribution in [-0.2, 0) is 0 Å². The number of benzene rings is 1. The number of anilines is 1. The van der Waals surface area contributed by atoms with Gasteiger partial charge >= 0.3 is 0 Å². The topological polar surface area (TPSA) is 82.5 Å². The van der Waals surface area contributed by atoms with Crippen LogP contribution in [0.5, 0.6) is 11.5 Å². The molecule has 0 saturated carbocycles. The number of aromatic hydroxyl groups is 2. The molecule has 0 aliphatic rings. The molecule has 92 valence electrons. The molecule has 0 aliphatic heterocycles. The van der Waals surface area contributed by atoms with Crippen LogP contribution in [0.15, 0.2) is 36.5 Å². The highest BCUT2D eigenvalue weighted by Crippen LogP contribution is 2.25. The second-order valence-corrected chi connectivity index (χ2v) is 3.53. The summed E-state index contributed by atoms with van der Waals surface area (Å²) >= 11 is 0. The van der Waals surface area contributed by atoms with Crippen molar-refractivity contribution in [2.45, 2.75) is 0 Å². The van der Waals surface area contributed by atoms with Crippen LogP contribution in [0.4, 0.5) is 10.1 Å². The van der Waals surface area contributed by atoms with Crippen molar-refractivity contribution < 1.29 is 19.4 Å². The average molecular weight is 248 g/mol. The van der Waals surface area contributed by atoms with Gasteiger partial charge in [-0.1, -0.05) is 0 Å². The fraction of sp³-hybridized carbons (Fsp3) is 0. The molecule has 0 atom stereocenters. The van der Waals surface area contributed by atoms with E-state index in [-0.39, 0.29) is 17.1 Å². The molecule has 6 heteroatoms. The molecule has 5 nitrogen and oxygen atoms in total. The summed E-state index contributed by atoms with van der Waals surface area (Å²) in [6, 6.07) is 6.15. The predicted molar refractivity (Wildman–Crippen MR) is 61.9 cm³/mol. The van der Waals surface area contributed by atoms with Crippen molar-refractivity contribution in [2.75, 3.05) is 5.32 Å². The van der Waals surface area contributed by atoms with E-state index in [9.17, 15) is 14.3 Å². The lowest BCUT2D eigenvalue weighted by atomic mass is 10.2. The van der Waals surface area contributed by atoms with Crippen molar-refractivity contribution in [3.8, 4) is 11.5 Å². The summed E-state index contributed by atoms with van der Waals surface area (Å²) in [7, 11) is 0. The van der Waals surface area contributed by atoms with Crippen LogP contribution in [-0.4, -0.2) is 21.1 Å². The smallest absolute Gasteiger partial charge is 0.255 e. The molecule has 1 heterocycles. The van der Waals surface area contributed by atoms with Crippen LogP contribution in [0.25, 0.3) is 0 Å². The van der Waals surface area contributed by atoms with E-state index in [0.717, 1.165) is 12.1 Å². The van der Waals surface area contributed by atoms with Crippen LogP contribution >= 0.6 is 0 Å². The van der Waals surface area contributed by atoms with Crippen molar-refractivity contribution in [2.24, 2.45) is 0 Å². The number of amides is 1. The van der Waals surface area contributed by atoms with Gasteiger partial charge in [-0.2, -0.15) is 4.39 Å². The molecule has 3 N–H and O–H groups in total. The summed E-state index contributed by atoms with van der Waals surface area (Å²) in [5, 5.41) is 20.8. The van der Waals surface area contributed by atoms with Gasteiger partial charge in [-0.15, -0.1) is 0 Å². The van der Waals surface area contributed by atoms with Gasteiger partial charge in [0, 0.05) is 5.56 Å². The lowest BCUT2D eigenvalue weighted by Gasteiger charge is -2.05. The Morgan fingerprint density at radius 1 is 1.17 bits per heavy atom. The second kappa shape index (κ2) is 4.70. The van der Waals surface area contributed by atoms with E-state index in [1.807, 2.05) is 0 Å². The van der Waals surface area contributed by atoms with E-state index in [1.165, 1.54) is 24.4 Å². The molecule has 0 bridgehead atoms. The molecule has 2 rings (SSSR count). The van der Waals surface area contributed by atoms with E-state index in [1.54, 1.807) is 0 Å². The monoisotopic (exact) mass is 248 g/mol. The number of aromatic nitrogens is 1. The summed E-state index contributed by atoms with van der Waals surface area (Å²) in [4.78, 5) is 15.1. The number of pyridine rings is 1.